The lowest BCUT2D eigenvalue weighted by molar-refractivity contribution is 0.144. The maximum atomic E-state index is 6.10. The van der Waals surface area contributed by atoms with Gasteiger partial charge in [-0.25, -0.2) is 5.01 Å². The molecule has 0 amide bonds. The van der Waals surface area contributed by atoms with Crippen molar-refractivity contribution in [3.05, 3.63) is 65.2 Å². The normalized spacial score (nSPS) is 23.0. The molecule has 2 aromatic carbocycles. The van der Waals surface area contributed by atoms with E-state index in [1.807, 2.05) is 11.2 Å². The molecular weight excluding hydrogens is 410 g/mol. The molecule has 6 rings (SSSR count). The Hall–Kier alpha value is -3.28. The maximum Gasteiger partial charge on any atom is 0.169 e. The molecule has 1 atom stereocenters. The van der Waals surface area contributed by atoms with Gasteiger partial charge in [-0.05, 0) is 43.4 Å². The summed E-state index contributed by atoms with van der Waals surface area (Å²) in [4.78, 5) is 7.19. The number of rotatable bonds is 3. The minimum absolute atomic E-state index is 0.0513. The molecule has 1 fully saturated rings. The molecular formula is C27H31N5O. The number of anilines is 1. The minimum atomic E-state index is 0.0513. The highest BCUT2D eigenvalue weighted by Gasteiger charge is 2.33. The van der Waals surface area contributed by atoms with Crippen molar-refractivity contribution < 1.29 is 4.74 Å². The first kappa shape index (κ1) is 20.3. The Bertz CT molecular complexity index is 1200. The van der Waals surface area contributed by atoms with Crippen LogP contribution in [0.15, 0.2) is 69.7 Å². The molecule has 33 heavy (non-hydrogen) atoms. The fourth-order valence-corrected chi connectivity index (χ4v) is 5.32. The predicted octanol–water partition coefficient (Wildman–Crippen LogP) is 5.09. The molecule has 0 radical (unpaired) electrons. The van der Waals surface area contributed by atoms with Gasteiger partial charge in [-0.15, -0.1) is 0 Å². The standard InChI is InChI=1S/C27H31N5O/c1-18-15-24-26-25(31(2)13-14-33-26)17-28-32(24)27(29-18)20-12-11-19-7-6-10-23(22(19)16-20)30-21-8-4-3-5-9-21/h6-7,10-12,15-18,21,30H,3-5,8-9,13-14H2,1-2H3. The van der Waals surface area contributed by atoms with Gasteiger partial charge in [-0.2, -0.15) is 5.10 Å². The molecule has 1 saturated carbocycles. The molecule has 1 unspecified atom stereocenters. The van der Waals surface area contributed by atoms with Gasteiger partial charge in [0.1, 0.15) is 18.0 Å². The van der Waals surface area contributed by atoms with Crippen LogP contribution in [0.3, 0.4) is 0 Å². The lowest BCUT2D eigenvalue weighted by atomic mass is 9.94. The molecule has 6 nitrogen and oxygen atoms in total. The van der Waals surface area contributed by atoms with Gasteiger partial charge in [0.25, 0.3) is 0 Å². The number of amidine groups is 1. The van der Waals surface area contributed by atoms with Crippen molar-refractivity contribution in [3.63, 3.8) is 0 Å². The summed E-state index contributed by atoms with van der Waals surface area (Å²) in [5.74, 6) is 1.77. The Labute approximate surface area is 195 Å². The van der Waals surface area contributed by atoms with Gasteiger partial charge in [0.2, 0.25) is 0 Å². The van der Waals surface area contributed by atoms with Gasteiger partial charge in [0.15, 0.2) is 11.6 Å². The number of benzene rings is 2. The Balaban J connectivity index is 1.37. The second kappa shape index (κ2) is 8.25. The van der Waals surface area contributed by atoms with Gasteiger partial charge in [0, 0.05) is 29.7 Å². The second-order valence-corrected chi connectivity index (χ2v) is 9.51. The average Bonchev–Trinajstić information content (AvgIpc) is 2.84. The minimum Gasteiger partial charge on any atom is -0.487 e. The third kappa shape index (κ3) is 3.67. The van der Waals surface area contributed by atoms with E-state index in [-0.39, 0.29) is 6.04 Å². The Morgan fingerprint density at radius 3 is 2.85 bits per heavy atom. The zero-order chi connectivity index (χ0) is 22.4. The van der Waals surface area contributed by atoms with Gasteiger partial charge >= 0.3 is 0 Å². The van der Waals surface area contributed by atoms with Crippen molar-refractivity contribution in [1.29, 1.82) is 0 Å². The van der Waals surface area contributed by atoms with Crippen LogP contribution >= 0.6 is 0 Å². The van der Waals surface area contributed by atoms with Gasteiger partial charge in [-0.3, -0.25) is 4.99 Å². The summed E-state index contributed by atoms with van der Waals surface area (Å²) < 4.78 is 6.10. The summed E-state index contributed by atoms with van der Waals surface area (Å²) in [5, 5.41) is 13.0. The number of allylic oxidation sites excluding steroid dienone is 1. The number of likely N-dealkylation sites (N-methyl/N-ethyl adjacent to an activating group) is 1. The van der Waals surface area contributed by atoms with Crippen molar-refractivity contribution in [2.75, 3.05) is 25.5 Å². The van der Waals surface area contributed by atoms with Crippen LogP contribution in [0, 0.1) is 0 Å². The third-order valence-corrected chi connectivity index (χ3v) is 7.10. The van der Waals surface area contributed by atoms with E-state index < -0.39 is 0 Å². The molecule has 6 heteroatoms. The molecule has 4 aliphatic rings. The van der Waals surface area contributed by atoms with Crippen molar-refractivity contribution in [2.45, 2.75) is 51.1 Å². The first-order valence-corrected chi connectivity index (χ1v) is 12.2. The summed E-state index contributed by atoms with van der Waals surface area (Å²) in [6, 6.07) is 13.8. The van der Waals surface area contributed by atoms with E-state index in [0.29, 0.717) is 12.6 Å². The maximum absolute atomic E-state index is 6.10. The SMILES string of the molecule is CC1C=C2C3=C(C=NN2C(c2ccc4cccc(NC5CCCCC5)c4c2)=N1)N(C)CCO3. The number of fused-ring (bicyclic) bond motifs is 3. The largest absolute Gasteiger partial charge is 0.487 e. The highest BCUT2D eigenvalue weighted by atomic mass is 16.5. The smallest absolute Gasteiger partial charge is 0.169 e. The average molecular weight is 442 g/mol. The van der Waals surface area contributed by atoms with Crippen LogP contribution in [0.5, 0.6) is 0 Å². The van der Waals surface area contributed by atoms with Crippen LogP contribution in [0.4, 0.5) is 5.69 Å². The molecule has 1 N–H and O–H groups in total. The van der Waals surface area contributed by atoms with Crippen molar-refractivity contribution in [2.24, 2.45) is 10.1 Å². The van der Waals surface area contributed by atoms with E-state index in [0.717, 1.165) is 35.1 Å². The molecule has 2 aromatic rings. The fraction of sp³-hybridized carbons (Fsp3) is 0.407. The summed E-state index contributed by atoms with van der Waals surface area (Å²) in [6.45, 7) is 3.67. The highest BCUT2D eigenvalue weighted by molar-refractivity contribution is 6.06. The fourth-order valence-electron chi connectivity index (χ4n) is 5.32. The molecule has 170 valence electrons. The number of nitrogens with one attached hydrogen (secondary N) is 1. The number of hydrogen-bond donors (Lipinski definition) is 1. The number of ether oxygens (including phenoxy) is 1. The zero-order valence-corrected chi connectivity index (χ0v) is 19.4. The summed E-state index contributed by atoms with van der Waals surface area (Å²) in [6.07, 6.45) is 10.5. The van der Waals surface area contributed by atoms with Gasteiger partial charge < -0.3 is 15.0 Å². The lowest BCUT2D eigenvalue weighted by Gasteiger charge is -2.37. The summed E-state index contributed by atoms with van der Waals surface area (Å²) in [7, 11) is 2.09. The van der Waals surface area contributed by atoms with Crippen molar-refractivity contribution >= 4 is 28.5 Å². The number of hydrogen-bond acceptors (Lipinski definition) is 6. The molecule has 3 aliphatic heterocycles. The van der Waals surface area contributed by atoms with E-state index in [1.54, 1.807) is 0 Å². The van der Waals surface area contributed by atoms with Crippen LogP contribution in [0.25, 0.3) is 10.8 Å². The number of nitrogens with zero attached hydrogens (tertiary/aromatic N) is 4. The first-order valence-electron chi connectivity index (χ1n) is 12.2. The second-order valence-electron chi connectivity index (χ2n) is 9.51. The summed E-state index contributed by atoms with van der Waals surface area (Å²) >= 11 is 0. The Morgan fingerprint density at radius 2 is 1.97 bits per heavy atom. The number of hydrazone groups is 1. The quantitative estimate of drug-likeness (QED) is 0.721. The molecule has 0 aromatic heterocycles. The monoisotopic (exact) mass is 441 g/mol. The van der Waals surface area contributed by atoms with E-state index in [9.17, 15) is 0 Å². The number of aliphatic imine (C=N–C) groups is 1. The van der Waals surface area contributed by atoms with Crippen molar-refractivity contribution in [1.82, 2.24) is 9.91 Å². The topological polar surface area (TPSA) is 52.5 Å². The van der Waals surface area contributed by atoms with Crippen molar-refractivity contribution in [3.8, 4) is 0 Å². The Morgan fingerprint density at radius 1 is 1.09 bits per heavy atom. The molecule has 3 heterocycles. The van der Waals surface area contributed by atoms with E-state index in [2.05, 4.69) is 66.7 Å². The Kier molecular flexibility index (Phi) is 5.08. The third-order valence-electron chi connectivity index (χ3n) is 7.10. The van der Waals surface area contributed by atoms with E-state index >= 15 is 0 Å². The summed E-state index contributed by atoms with van der Waals surface area (Å²) in [5.41, 5.74) is 4.31. The zero-order valence-electron chi connectivity index (χ0n) is 19.4. The van der Waals surface area contributed by atoms with Crippen LogP contribution in [-0.4, -0.2) is 54.2 Å². The highest BCUT2D eigenvalue weighted by Crippen LogP contribution is 2.34. The molecule has 0 bridgehead atoms. The van der Waals surface area contributed by atoms with Crippen LogP contribution in [0.2, 0.25) is 0 Å². The van der Waals surface area contributed by atoms with Gasteiger partial charge in [-0.1, -0.05) is 43.5 Å². The van der Waals surface area contributed by atoms with Crippen LogP contribution in [0.1, 0.15) is 44.6 Å². The first-order chi connectivity index (χ1) is 16.2. The molecule has 0 spiro atoms. The predicted molar refractivity (Wildman–Crippen MR) is 134 cm³/mol. The van der Waals surface area contributed by atoms with Crippen LogP contribution in [-0.2, 0) is 4.74 Å². The molecule has 0 saturated heterocycles. The van der Waals surface area contributed by atoms with Gasteiger partial charge in [0.05, 0.1) is 18.8 Å². The lowest BCUT2D eigenvalue weighted by Crippen LogP contribution is -2.40. The van der Waals surface area contributed by atoms with E-state index in [1.165, 1.54) is 48.6 Å². The van der Waals surface area contributed by atoms with Crippen LogP contribution < -0.4 is 5.32 Å². The van der Waals surface area contributed by atoms with E-state index in [4.69, 9.17) is 14.8 Å². The molecule has 1 aliphatic carbocycles.